The molecule has 0 bridgehead atoms. The fraction of sp³-hybridized carbons (Fsp3) is 0.481. The van der Waals surface area contributed by atoms with Gasteiger partial charge in [0.2, 0.25) is 10.0 Å². The highest BCUT2D eigenvalue weighted by Gasteiger charge is 2.24. The number of rotatable bonds is 14. The van der Waals surface area contributed by atoms with Gasteiger partial charge in [0.1, 0.15) is 11.3 Å². The third kappa shape index (κ3) is 7.07. The summed E-state index contributed by atoms with van der Waals surface area (Å²) in [5.74, 6) is 0.262. The summed E-state index contributed by atoms with van der Waals surface area (Å²) in [7, 11) is -2.02. The first-order valence-electron chi connectivity index (χ1n) is 12.8. The number of para-hydroxylation sites is 1. The second-order valence-electron chi connectivity index (χ2n) is 8.59. The van der Waals surface area contributed by atoms with Gasteiger partial charge in [-0.05, 0) is 56.2 Å². The van der Waals surface area contributed by atoms with Gasteiger partial charge in [-0.3, -0.25) is 4.79 Å². The number of hydrogen-bond acceptors (Lipinski definition) is 6. The minimum atomic E-state index is -3.63. The van der Waals surface area contributed by atoms with Crippen LogP contribution in [0.5, 0.6) is 5.75 Å². The van der Waals surface area contributed by atoms with E-state index in [0.29, 0.717) is 49.0 Å². The van der Waals surface area contributed by atoms with Gasteiger partial charge in [0.15, 0.2) is 4.80 Å². The van der Waals surface area contributed by atoms with Crippen LogP contribution in [0.2, 0.25) is 0 Å². The van der Waals surface area contributed by atoms with Crippen LogP contribution in [0.15, 0.2) is 52.4 Å². The van der Waals surface area contributed by atoms with Crippen molar-refractivity contribution in [2.75, 3.05) is 33.4 Å². The van der Waals surface area contributed by atoms with E-state index in [1.807, 2.05) is 43.5 Å². The van der Waals surface area contributed by atoms with Crippen LogP contribution in [-0.2, 0) is 21.3 Å². The predicted octanol–water partition coefficient (Wildman–Crippen LogP) is 5.08. The molecule has 202 valence electrons. The largest absolute Gasteiger partial charge is 0.495 e. The predicted molar refractivity (Wildman–Crippen MR) is 148 cm³/mol. The number of hydrogen-bond donors (Lipinski definition) is 0. The molecule has 1 amide bonds. The van der Waals surface area contributed by atoms with E-state index in [2.05, 4.69) is 4.99 Å². The van der Waals surface area contributed by atoms with Crippen molar-refractivity contribution >= 4 is 37.5 Å². The van der Waals surface area contributed by atoms with Crippen molar-refractivity contribution in [3.63, 3.8) is 0 Å². The zero-order valence-corrected chi connectivity index (χ0v) is 23.7. The van der Waals surface area contributed by atoms with Crippen LogP contribution in [0.25, 0.3) is 10.2 Å². The lowest BCUT2D eigenvalue weighted by Crippen LogP contribution is -2.33. The number of sulfonamides is 1. The Morgan fingerprint density at radius 2 is 1.70 bits per heavy atom. The normalized spacial score (nSPS) is 12.5. The van der Waals surface area contributed by atoms with E-state index in [-0.39, 0.29) is 4.90 Å². The number of benzene rings is 2. The average molecular weight is 548 g/mol. The zero-order valence-electron chi connectivity index (χ0n) is 22.1. The topological polar surface area (TPSA) is 90.2 Å². The highest BCUT2D eigenvalue weighted by Crippen LogP contribution is 2.27. The Hall–Kier alpha value is -2.53. The third-order valence-corrected chi connectivity index (χ3v) is 8.96. The van der Waals surface area contributed by atoms with Gasteiger partial charge < -0.3 is 14.0 Å². The first-order chi connectivity index (χ1) is 17.9. The van der Waals surface area contributed by atoms with Crippen LogP contribution in [0, 0.1) is 0 Å². The molecule has 0 aliphatic rings. The van der Waals surface area contributed by atoms with E-state index in [1.165, 1.54) is 35.6 Å². The second kappa shape index (κ2) is 13.9. The number of amides is 1. The zero-order chi connectivity index (χ0) is 26.8. The number of ether oxygens (including phenoxy) is 2. The van der Waals surface area contributed by atoms with Gasteiger partial charge in [-0.2, -0.15) is 9.30 Å². The first kappa shape index (κ1) is 29.0. The Balaban J connectivity index is 1.93. The second-order valence-corrected chi connectivity index (χ2v) is 11.5. The Bertz CT molecular complexity index is 1340. The van der Waals surface area contributed by atoms with Crippen LogP contribution >= 0.6 is 11.3 Å². The number of thiazole rings is 1. The fourth-order valence-corrected chi connectivity index (χ4v) is 6.54. The van der Waals surface area contributed by atoms with Crippen molar-refractivity contribution in [2.45, 2.75) is 57.9 Å². The Morgan fingerprint density at radius 1 is 1.03 bits per heavy atom. The lowest BCUT2D eigenvalue weighted by atomic mass is 10.2. The summed E-state index contributed by atoms with van der Waals surface area (Å²) in [6.07, 6.45) is 3.45. The van der Waals surface area contributed by atoms with Gasteiger partial charge in [0.25, 0.3) is 5.91 Å². The van der Waals surface area contributed by atoms with Gasteiger partial charge in [0.05, 0.1) is 23.3 Å². The van der Waals surface area contributed by atoms with Crippen molar-refractivity contribution in [3.8, 4) is 5.75 Å². The van der Waals surface area contributed by atoms with Gasteiger partial charge in [0, 0.05) is 31.8 Å². The molecule has 1 heterocycles. The highest BCUT2D eigenvalue weighted by molar-refractivity contribution is 7.89. The first-order valence-corrected chi connectivity index (χ1v) is 15.1. The molecule has 1 aromatic heterocycles. The molecule has 2 aromatic carbocycles. The van der Waals surface area contributed by atoms with Crippen molar-refractivity contribution in [3.05, 3.63) is 52.8 Å². The van der Waals surface area contributed by atoms with Crippen molar-refractivity contribution in [1.29, 1.82) is 0 Å². The number of nitrogens with zero attached hydrogens (tertiary/aromatic N) is 3. The minimum Gasteiger partial charge on any atom is -0.495 e. The van der Waals surface area contributed by atoms with Crippen LogP contribution in [0.3, 0.4) is 0 Å². The summed E-state index contributed by atoms with van der Waals surface area (Å²) >= 11 is 1.40. The summed E-state index contributed by atoms with van der Waals surface area (Å²) in [5.41, 5.74) is 1.19. The molecule has 0 saturated carbocycles. The van der Waals surface area contributed by atoms with Gasteiger partial charge in [-0.25, -0.2) is 8.42 Å². The number of fused-ring (bicyclic) bond motifs is 1. The van der Waals surface area contributed by atoms with Crippen molar-refractivity contribution in [1.82, 2.24) is 8.87 Å². The SMILES string of the molecule is CCCCN(CCCC)S(=O)(=O)c1ccc(C(=O)N=c2sc3cccc(OC)c3n2CCOCC)cc1. The standard InChI is InChI=1S/C27H37N3O5S2/c1-5-8-17-29(18-9-6-2)37(32,33)22-15-13-21(14-16-22)26(31)28-27-30(19-20-35-7-3)25-23(34-4)11-10-12-24(25)36-27/h10-16H,5-9,17-20H2,1-4H3. The summed E-state index contributed by atoms with van der Waals surface area (Å²) < 4.78 is 42.0. The van der Waals surface area contributed by atoms with Crippen LogP contribution in [-0.4, -0.2) is 56.6 Å². The molecule has 0 atom stereocenters. The molecule has 0 aliphatic carbocycles. The maximum Gasteiger partial charge on any atom is 0.279 e. The molecular formula is C27H37N3O5S2. The van der Waals surface area contributed by atoms with E-state index in [1.54, 1.807) is 11.4 Å². The molecule has 10 heteroatoms. The van der Waals surface area contributed by atoms with Crippen LogP contribution in [0.4, 0.5) is 0 Å². The Morgan fingerprint density at radius 3 is 2.30 bits per heavy atom. The highest BCUT2D eigenvalue weighted by atomic mass is 32.2. The molecular weight excluding hydrogens is 510 g/mol. The molecule has 3 aromatic rings. The smallest absolute Gasteiger partial charge is 0.279 e. The lowest BCUT2D eigenvalue weighted by Gasteiger charge is -2.22. The molecule has 0 unspecified atom stereocenters. The molecule has 0 N–H and O–H groups in total. The average Bonchev–Trinajstić information content (AvgIpc) is 3.25. The Labute approximate surface area is 223 Å². The number of methoxy groups -OCH3 is 1. The molecule has 0 saturated heterocycles. The maximum absolute atomic E-state index is 13.2. The third-order valence-electron chi connectivity index (χ3n) is 6.01. The molecule has 0 radical (unpaired) electrons. The minimum absolute atomic E-state index is 0.189. The van der Waals surface area contributed by atoms with E-state index < -0.39 is 15.9 Å². The number of carbonyl (C=O) groups is 1. The summed E-state index contributed by atoms with van der Waals surface area (Å²) in [6.45, 7) is 8.59. The lowest BCUT2D eigenvalue weighted by molar-refractivity contribution is 0.0996. The monoisotopic (exact) mass is 547 g/mol. The summed E-state index contributed by atoms with van der Waals surface area (Å²) in [4.78, 5) is 18.2. The molecule has 0 aliphatic heterocycles. The van der Waals surface area contributed by atoms with E-state index >= 15 is 0 Å². The number of aromatic nitrogens is 1. The molecule has 0 fully saturated rings. The molecule has 8 nitrogen and oxygen atoms in total. The van der Waals surface area contributed by atoms with Gasteiger partial charge in [-0.1, -0.05) is 44.1 Å². The fourth-order valence-electron chi connectivity index (χ4n) is 3.95. The van der Waals surface area contributed by atoms with E-state index in [0.717, 1.165) is 35.9 Å². The molecule has 3 rings (SSSR count). The number of carbonyl (C=O) groups excluding carboxylic acids is 1. The molecule has 0 spiro atoms. The van der Waals surface area contributed by atoms with Crippen LogP contribution < -0.4 is 9.54 Å². The van der Waals surface area contributed by atoms with E-state index in [4.69, 9.17) is 9.47 Å². The van der Waals surface area contributed by atoms with Crippen LogP contribution in [0.1, 0.15) is 56.8 Å². The summed E-state index contributed by atoms with van der Waals surface area (Å²) in [6, 6.07) is 11.8. The quantitative estimate of drug-likeness (QED) is 0.263. The summed E-state index contributed by atoms with van der Waals surface area (Å²) in [5, 5.41) is 0. The molecule has 37 heavy (non-hydrogen) atoms. The number of unbranched alkanes of at least 4 members (excludes halogenated alkanes) is 2. The maximum atomic E-state index is 13.2. The van der Waals surface area contributed by atoms with Crippen molar-refractivity contribution in [2.24, 2.45) is 4.99 Å². The Kier molecular flexibility index (Phi) is 10.9. The van der Waals surface area contributed by atoms with Gasteiger partial charge >= 0.3 is 0 Å². The van der Waals surface area contributed by atoms with Crippen molar-refractivity contribution < 1.29 is 22.7 Å². The van der Waals surface area contributed by atoms with Gasteiger partial charge in [-0.15, -0.1) is 0 Å². The van der Waals surface area contributed by atoms with E-state index in [9.17, 15) is 13.2 Å².